The van der Waals surface area contributed by atoms with Crippen LogP contribution in [0.3, 0.4) is 0 Å². The Labute approximate surface area is 141 Å². The normalized spacial score (nSPS) is 16.8. The summed E-state index contributed by atoms with van der Waals surface area (Å²) in [5.41, 5.74) is 3.80. The number of carbonyl (C=O) groups is 1. The fourth-order valence-electron chi connectivity index (χ4n) is 2.57. The molecule has 1 aliphatic rings. The van der Waals surface area contributed by atoms with E-state index in [-0.39, 0.29) is 12.0 Å². The molecule has 0 spiro atoms. The number of nitrogens with zero attached hydrogens (tertiary/aromatic N) is 2. The standard InChI is InChI=1S/C18H22N4O2/c1-12-5-6-15(8-13(12)2)22-18-20-9-14(10-21-18)17(23)19-11-16-4-3-7-24-16/h5-6,8-10,16H,3-4,7,11H2,1-2H3,(H,19,23)(H,20,21,22). The third kappa shape index (κ3) is 4.08. The smallest absolute Gasteiger partial charge is 0.254 e. The summed E-state index contributed by atoms with van der Waals surface area (Å²) in [5.74, 6) is 0.289. The number of hydrogen-bond donors (Lipinski definition) is 2. The van der Waals surface area contributed by atoms with E-state index in [0.29, 0.717) is 18.1 Å². The van der Waals surface area contributed by atoms with E-state index in [1.807, 2.05) is 18.2 Å². The van der Waals surface area contributed by atoms with Gasteiger partial charge < -0.3 is 15.4 Å². The summed E-state index contributed by atoms with van der Waals surface area (Å²) >= 11 is 0. The zero-order chi connectivity index (χ0) is 16.9. The molecule has 1 unspecified atom stereocenters. The Morgan fingerprint density at radius 1 is 1.25 bits per heavy atom. The molecule has 1 saturated heterocycles. The highest BCUT2D eigenvalue weighted by atomic mass is 16.5. The molecule has 0 radical (unpaired) electrons. The van der Waals surface area contributed by atoms with Gasteiger partial charge in [-0.15, -0.1) is 0 Å². The SMILES string of the molecule is Cc1ccc(Nc2ncc(C(=O)NCC3CCCO3)cn2)cc1C. The fraction of sp³-hybridized carbons (Fsp3) is 0.389. The van der Waals surface area contributed by atoms with Crippen LogP contribution in [0.25, 0.3) is 0 Å². The van der Waals surface area contributed by atoms with E-state index in [1.54, 1.807) is 0 Å². The van der Waals surface area contributed by atoms with Gasteiger partial charge in [-0.25, -0.2) is 9.97 Å². The molecule has 3 rings (SSSR count). The fourth-order valence-corrected chi connectivity index (χ4v) is 2.57. The van der Waals surface area contributed by atoms with Crippen LogP contribution in [0.2, 0.25) is 0 Å². The van der Waals surface area contributed by atoms with Crippen molar-refractivity contribution in [2.24, 2.45) is 0 Å². The van der Waals surface area contributed by atoms with Crippen LogP contribution >= 0.6 is 0 Å². The van der Waals surface area contributed by atoms with Crippen molar-refractivity contribution in [2.45, 2.75) is 32.8 Å². The average molecular weight is 326 g/mol. The van der Waals surface area contributed by atoms with Gasteiger partial charge in [0, 0.05) is 31.2 Å². The minimum atomic E-state index is -0.178. The lowest BCUT2D eigenvalue weighted by atomic mass is 10.1. The second-order valence-electron chi connectivity index (χ2n) is 6.06. The summed E-state index contributed by atoms with van der Waals surface area (Å²) in [4.78, 5) is 20.5. The van der Waals surface area contributed by atoms with E-state index in [4.69, 9.17) is 4.74 Å². The van der Waals surface area contributed by atoms with Gasteiger partial charge in [-0.3, -0.25) is 4.79 Å². The number of ether oxygens (including phenoxy) is 1. The molecule has 126 valence electrons. The number of benzene rings is 1. The molecule has 1 aliphatic heterocycles. The van der Waals surface area contributed by atoms with Gasteiger partial charge in [-0.2, -0.15) is 0 Å². The molecule has 1 atom stereocenters. The number of rotatable bonds is 5. The Morgan fingerprint density at radius 3 is 2.71 bits per heavy atom. The molecule has 1 aromatic heterocycles. The first-order valence-electron chi connectivity index (χ1n) is 8.18. The quantitative estimate of drug-likeness (QED) is 0.883. The number of amides is 1. The number of aryl methyl sites for hydroxylation is 2. The van der Waals surface area contributed by atoms with Crippen molar-refractivity contribution >= 4 is 17.5 Å². The molecule has 0 bridgehead atoms. The first-order chi connectivity index (χ1) is 11.6. The van der Waals surface area contributed by atoms with Gasteiger partial charge in [-0.05, 0) is 49.9 Å². The maximum absolute atomic E-state index is 12.1. The predicted molar refractivity (Wildman–Crippen MR) is 92.5 cm³/mol. The van der Waals surface area contributed by atoms with Crippen molar-refractivity contribution in [2.75, 3.05) is 18.5 Å². The van der Waals surface area contributed by atoms with Crippen LogP contribution < -0.4 is 10.6 Å². The van der Waals surface area contributed by atoms with Crippen LogP contribution in [0.5, 0.6) is 0 Å². The first-order valence-corrected chi connectivity index (χ1v) is 8.18. The molecule has 1 amide bonds. The largest absolute Gasteiger partial charge is 0.376 e. The molecule has 0 saturated carbocycles. The maximum Gasteiger partial charge on any atom is 0.254 e. The number of aromatic nitrogens is 2. The zero-order valence-electron chi connectivity index (χ0n) is 14.0. The Kier molecular flexibility index (Phi) is 5.05. The molecule has 6 heteroatoms. The van der Waals surface area contributed by atoms with Gasteiger partial charge in [0.1, 0.15) is 0 Å². The second-order valence-corrected chi connectivity index (χ2v) is 6.06. The number of nitrogens with one attached hydrogen (secondary N) is 2. The van der Waals surface area contributed by atoms with E-state index < -0.39 is 0 Å². The highest BCUT2D eigenvalue weighted by Gasteiger charge is 2.17. The van der Waals surface area contributed by atoms with Gasteiger partial charge >= 0.3 is 0 Å². The van der Waals surface area contributed by atoms with E-state index in [9.17, 15) is 4.79 Å². The molecule has 2 heterocycles. The zero-order valence-corrected chi connectivity index (χ0v) is 14.0. The van der Waals surface area contributed by atoms with Gasteiger partial charge in [-0.1, -0.05) is 6.07 Å². The second kappa shape index (κ2) is 7.40. The summed E-state index contributed by atoms with van der Waals surface area (Å²) in [6, 6.07) is 6.07. The maximum atomic E-state index is 12.1. The Balaban J connectivity index is 1.57. The summed E-state index contributed by atoms with van der Waals surface area (Å²) < 4.78 is 5.49. The molecular formula is C18H22N4O2. The number of carbonyl (C=O) groups excluding carboxylic acids is 1. The van der Waals surface area contributed by atoms with E-state index in [0.717, 1.165) is 25.1 Å². The van der Waals surface area contributed by atoms with Crippen molar-refractivity contribution in [3.63, 3.8) is 0 Å². The van der Waals surface area contributed by atoms with Gasteiger partial charge in [0.2, 0.25) is 5.95 Å². The molecule has 2 N–H and O–H groups in total. The van der Waals surface area contributed by atoms with Crippen LogP contribution in [-0.4, -0.2) is 35.1 Å². The molecule has 1 fully saturated rings. The minimum Gasteiger partial charge on any atom is -0.376 e. The molecule has 2 aromatic rings. The van der Waals surface area contributed by atoms with E-state index in [2.05, 4.69) is 34.4 Å². The topological polar surface area (TPSA) is 76.1 Å². The highest BCUT2D eigenvalue weighted by molar-refractivity contribution is 5.93. The lowest BCUT2D eigenvalue weighted by molar-refractivity contribution is 0.0857. The predicted octanol–water partition coefficient (Wildman–Crippen LogP) is 2.75. The Morgan fingerprint density at radius 2 is 2.04 bits per heavy atom. The summed E-state index contributed by atoms with van der Waals surface area (Å²) in [6.45, 7) is 5.44. The Hall–Kier alpha value is -2.47. The lowest BCUT2D eigenvalue weighted by Gasteiger charge is -2.11. The summed E-state index contributed by atoms with van der Waals surface area (Å²) in [5, 5.41) is 6.00. The van der Waals surface area contributed by atoms with E-state index >= 15 is 0 Å². The van der Waals surface area contributed by atoms with Crippen LogP contribution in [0.1, 0.15) is 34.3 Å². The van der Waals surface area contributed by atoms with Crippen LogP contribution in [0.15, 0.2) is 30.6 Å². The van der Waals surface area contributed by atoms with E-state index in [1.165, 1.54) is 23.5 Å². The van der Waals surface area contributed by atoms with Crippen molar-refractivity contribution in [3.05, 3.63) is 47.3 Å². The highest BCUT2D eigenvalue weighted by Crippen LogP contribution is 2.17. The summed E-state index contributed by atoms with van der Waals surface area (Å²) in [7, 11) is 0. The average Bonchev–Trinajstić information content (AvgIpc) is 3.10. The number of anilines is 2. The monoisotopic (exact) mass is 326 g/mol. The van der Waals surface area contributed by atoms with Crippen molar-refractivity contribution < 1.29 is 9.53 Å². The third-order valence-electron chi connectivity index (χ3n) is 4.19. The van der Waals surface area contributed by atoms with Gasteiger partial charge in [0.05, 0.1) is 11.7 Å². The van der Waals surface area contributed by atoms with Crippen molar-refractivity contribution in [1.82, 2.24) is 15.3 Å². The Bertz CT molecular complexity index is 709. The first kappa shape index (κ1) is 16.4. The molecule has 0 aliphatic carbocycles. The molecule has 1 aromatic carbocycles. The van der Waals surface area contributed by atoms with Crippen LogP contribution in [0, 0.1) is 13.8 Å². The van der Waals surface area contributed by atoms with Crippen LogP contribution in [0.4, 0.5) is 11.6 Å². The van der Waals surface area contributed by atoms with Gasteiger partial charge in [0.25, 0.3) is 5.91 Å². The molecular weight excluding hydrogens is 304 g/mol. The van der Waals surface area contributed by atoms with Crippen LogP contribution in [-0.2, 0) is 4.74 Å². The van der Waals surface area contributed by atoms with Gasteiger partial charge in [0.15, 0.2) is 0 Å². The molecule has 24 heavy (non-hydrogen) atoms. The lowest BCUT2D eigenvalue weighted by Crippen LogP contribution is -2.31. The summed E-state index contributed by atoms with van der Waals surface area (Å²) in [6.07, 6.45) is 5.24. The van der Waals surface area contributed by atoms with Crippen molar-refractivity contribution in [1.29, 1.82) is 0 Å². The number of hydrogen-bond acceptors (Lipinski definition) is 5. The minimum absolute atomic E-state index is 0.126. The third-order valence-corrected chi connectivity index (χ3v) is 4.19. The van der Waals surface area contributed by atoms with Crippen molar-refractivity contribution in [3.8, 4) is 0 Å². The molecule has 6 nitrogen and oxygen atoms in total.